The standard InChI is InChI=1S/C24H26N2O4S/c25-14-17-4-10-20(11-5-17)24-29-21(16-31-23-3-1-2-12-26(23)28)13-22(30-24)19-8-6-18(15-27)7-9-19/h1-12,21-22,24,27H,13-16,25H2/t21-,22+,24?/m0/s1. The molecule has 3 atom stereocenters. The van der Waals surface area contributed by atoms with Crippen LogP contribution in [0.1, 0.15) is 41.1 Å². The Balaban J connectivity index is 1.53. The van der Waals surface area contributed by atoms with Gasteiger partial charge in [-0.1, -0.05) is 60.3 Å². The molecule has 0 spiro atoms. The zero-order valence-corrected chi connectivity index (χ0v) is 17.9. The summed E-state index contributed by atoms with van der Waals surface area (Å²) in [6.45, 7) is 0.495. The van der Waals surface area contributed by atoms with Crippen LogP contribution in [0.4, 0.5) is 0 Å². The summed E-state index contributed by atoms with van der Waals surface area (Å²) in [7, 11) is 0. The van der Waals surface area contributed by atoms with Crippen LogP contribution >= 0.6 is 11.8 Å². The predicted molar refractivity (Wildman–Crippen MR) is 119 cm³/mol. The molecule has 1 saturated heterocycles. The van der Waals surface area contributed by atoms with E-state index in [4.69, 9.17) is 15.2 Å². The second kappa shape index (κ2) is 10.3. The third-order valence-electron chi connectivity index (χ3n) is 5.31. The maximum atomic E-state index is 12.0. The Morgan fingerprint density at radius 3 is 2.35 bits per heavy atom. The lowest BCUT2D eigenvalue weighted by atomic mass is 10.0. The smallest absolute Gasteiger partial charge is 0.251 e. The number of benzene rings is 2. The van der Waals surface area contributed by atoms with Crippen molar-refractivity contribution in [3.05, 3.63) is 100 Å². The van der Waals surface area contributed by atoms with Gasteiger partial charge in [0.2, 0.25) is 0 Å². The van der Waals surface area contributed by atoms with Gasteiger partial charge in [-0.25, -0.2) is 0 Å². The molecule has 1 unspecified atom stereocenters. The fourth-order valence-corrected chi connectivity index (χ4v) is 4.47. The van der Waals surface area contributed by atoms with Crippen LogP contribution in [0.25, 0.3) is 0 Å². The molecule has 6 nitrogen and oxygen atoms in total. The lowest BCUT2D eigenvalue weighted by Gasteiger charge is -2.36. The van der Waals surface area contributed by atoms with E-state index in [1.165, 1.54) is 18.0 Å². The molecule has 2 aromatic carbocycles. The molecule has 0 amide bonds. The Kier molecular flexibility index (Phi) is 7.21. The Bertz CT molecular complexity index is 926. The van der Waals surface area contributed by atoms with Crippen molar-refractivity contribution in [2.24, 2.45) is 5.73 Å². The van der Waals surface area contributed by atoms with E-state index >= 15 is 0 Å². The highest BCUT2D eigenvalue weighted by atomic mass is 32.2. The number of nitrogens with zero attached hydrogens (tertiary/aromatic N) is 1. The summed E-state index contributed by atoms with van der Waals surface area (Å²) in [5.74, 6) is 0.637. The van der Waals surface area contributed by atoms with Gasteiger partial charge in [-0.05, 0) is 22.8 Å². The Morgan fingerprint density at radius 2 is 1.68 bits per heavy atom. The monoisotopic (exact) mass is 438 g/mol. The molecule has 0 bridgehead atoms. The van der Waals surface area contributed by atoms with Gasteiger partial charge in [0, 0.05) is 36.4 Å². The molecule has 4 rings (SSSR count). The fourth-order valence-electron chi connectivity index (χ4n) is 3.54. The number of nitrogens with two attached hydrogens (primary N) is 1. The average molecular weight is 439 g/mol. The fraction of sp³-hybridized carbons (Fsp3) is 0.292. The molecule has 162 valence electrons. The van der Waals surface area contributed by atoms with Gasteiger partial charge in [0.1, 0.15) is 0 Å². The van der Waals surface area contributed by atoms with Crippen molar-refractivity contribution in [2.45, 2.75) is 43.1 Å². The second-order valence-corrected chi connectivity index (χ2v) is 8.51. The van der Waals surface area contributed by atoms with Crippen LogP contribution < -0.4 is 10.5 Å². The molecular weight excluding hydrogens is 412 g/mol. The van der Waals surface area contributed by atoms with Crippen LogP contribution in [0.3, 0.4) is 0 Å². The van der Waals surface area contributed by atoms with E-state index in [-0.39, 0.29) is 18.8 Å². The first kappa shape index (κ1) is 21.8. The summed E-state index contributed by atoms with van der Waals surface area (Å²) in [6, 6.07) is 21.1. The van der Waals surface area contributed by atoms with Crippen molar-refractivity contribution in [3.63, 3.8) is 0 Å². The lowest BCUT2D eigenvalue weighted by molar-refractivity contribution is -0.645. The molecule has 7 heteroatoms. The van der Waals surface area contributed by atoms with Gasteiger partial charge in [-0.15, -0.1) is 0 Å². The van der Waals surface area contributed by atoms with Crippen molar-refractivity contribution >= 4 is 11.8 Å². The number of ether oxygens (including phenoxy) is 2. The number of aliphatic hydroxyl groups is 1. The van der Waals surface area contributed by atoms with E-state index in [2.05, 4.69) is 0 Å². The summed E-state index contributed by atoms with van der Waals surface area (Å²) in [5, 5.41) is 22.0. The number of hydrogen-bond acceptors (Lipinski definition) is 6. The van der Waals surface area contributed by atoms with Crippen molar-refractivity contribution in [3.8, 4) is 0 Å². The first-order valence-electron chi connectivity index (χ1n) is 10.3. The number of rotatable bonds is 7. The molecule has 1 aliphatic rings. The van der Waals surface area contributed by atoms with Gasteiger partial charge in [0.25, 0.3) is 5.03 Å². The van der Waals surface area contributed by atoms with Gasteiger partial charge < -0.3 is 25.5 Å². The molecule has 1 aromatic heterocycles. The summed E-state index contributed by atoms with van der Waals surface area (Å²) < 4.78 is 13.5. The summed E-state index contributed by atoms with van der Waals surface area (Å²) in [4.78, 5) is 0. The van der Waals surface area contributed by atoms with Crippen LogP contribution in [-0.2, 0) is 22.6 Å². The quantitative estimate of drug-likeness (QED) is 0.333. The van der Waals surface area contributed by atoms with E-state index in [1.807, 2.05) is 60.7 Å². The van der Waals surface area contributed by atoms with Gasteiger partial charge >= 0.3 is 0 Å². The minimum Gasteiger partial charge on any atom is -0.618 e. The zero-order chi connectivity index (χ0) is 21.6. The minimum atomic E-state index is -0.510. The molecule has 1 fully saturated rings. The lowest BCUT2D eigenvalue weighted by Crippen LogP contribution is -2.32. The van der Waals surface area contributed by atoms with Crippen LogP contribution in [-0.4, -0.2) is 17.0 Å². The van der Waals surface area contributed by atoms with Crippen molar-refractivity contribution in [2.75, 3.05) is 5.75 Å². The van der Waals surface area contributed by atoms with E-state index < -0.39 is 6.29 Å². The second-order valence-electron chi connectivity index (χ2n) is 7.47. The number of hydrogen-bond donors (Lipinski definition) is 2. The topological polar surface area (TPSA) is 91.7 Å². The molecule has 0 radical (unpaired) electrons. The van der Waals surface area contributed by atoms with Crippen molar-refractivity contribution in [1.82, 2.24) is 0 Å². The third kappa shape index (κ3) is 5.44. The molecule has 0 aliphatic carbocycles. The van der Waals surface area contributed by atoms with Crippen LogP contribution in [0.15, 0.2) is 78.0 Å². The molecule has 31 heavy (non-hydrogen) atoms. The Morgan fingerprint density at radius 1 is 0.968 bits per heavy atom. The summed E-state index contributed by atoms with van der Waals surface area (Å²) in [5.41, 5.74) is 9.60. The third-order valence-corrected chi connectivity index (χ3v) is 6.46. The van der Waals surface area contributed by atoms with E-state index in [0.717, 1.165) is 27.0 Å². The number of pyridine rings is 1. The van der Waals surface area contributed by atoms with E-state index in [1.54, 1.807) is 6.07 Å². The Hall–Kier alpha value is -2.42. The minimum absolute atomic E-state index is 0.0105. The first-order valence-corrected chi connectivity index (χ1v) is 11.3. The molecule has 0 saturated carbocycles. The molecule has 2 heterocycles. The predicted octanol–water partition coefficient (Wildman–Crippen LogP) is 3.61. The van der Waals surface area contributed by atoms with Gasteiger partial charge in [0.05, 0.1) is 18.8 Å². The van der Waals surface area contributed by atoms with E-state index in [0.29, 0.717) is 23.7 Å². The number of aromatic nitrogens is 1. The largest absolute Gasteiger partial charge is 0.618 e. The summed E-state index contributed by atoms with van der Waals surface area (Å²) >= 11 is 1.48. The van der Waals surface area contributed by atoms with Crippen molar-refractivity contribution in [1.29, 1.82) is 0 Å². The highest BCUT2D eigenvalue weighted by molar-refractivity contribution is 7.99. The molecule has 1 aliphatic heterocycles. The highest BCUT2D eigenvalue weighted by Gasteiger charge is 2.32. The molecule has 3 aromatic rings. The summed E-state index contributed by atoms with van der Waals surface area (Å²) in [6.07, 6.45) is 1.42. The number of thioether (sulfide) groups is 1. The van der Waals surface area contributed by atoms with Gasteiger partial charge in [-0.3, -0.25) is 0 Å². The SMILES string of the molecule is NCc1ccc(C2O[C@H](CSc3cccc[n+]3[O-])C[C@H](c3ccc(CO)cc3)O2)cc1. The maximum Gasteiger partial charge on any atom is 0.251 e. The van der Waals surface area contributed by atoms with Crippen LogP contribution in [0.5, 0.6) is 0 Å². The maximum absolute atomic E-state index is 12.0. The number of aliphatic hydroxyl groups excluding tert-OH is 1. The Labute approximate surface area is 186 Å². The normalized spacial score (nSPS) is 21.2. The van der Waals surface area contributed by atoms with E-state index in [9.17, 15) is 10.3 Å². The highest BCUT2D eigenvalue weighted by Crippen LogP contribution is 2.39. The molecular formula is C24H26N2O4S. The molecule has 3 N–H and O–H groups in total. The van der Waals surface area contributed by atoms with Gasteiger partial charge in [-0.2, -0.15) is 4.73 Å². The van der Waals surface area contributed by atoms with Crippen LogP contribution in [0.2, 0.25) is 0 Å². The van der Waals surface area contributed by atoms with Crippen LogP contribution in [0, 0.1) is 5.21 Å². The zero-order valence-electron chi connectivity index (χ0n) is 17.1. The first-order chi connectivity index (χ1) is 15.2. The van der Waals surface area contributed by atoms with Gasteiger partial charge in [0.15, 0.2) is 12.5 Å². The van der Waals surface area contributed by atoms with Crippen molar-refractivity contribution < 1.29 is 19.3 Å². The average Bonchev–Trinajstić information content (AvgIpc) is 2.83.